The molecule has 7 heteroatoms. The van der Waals surface area contributed by atoms with Gasteiger partial charge >= 0.3 is 0 Å². The van der Waals surface area contributed by atoms with Crippen LogP contribution in [0.1, 0.15) is 34.8 Å². The monoisotopic (exact) mass is 424 g/mol. The summed E-state index contributed by atoms with van der Waals surface area (Å²) in [4.78, 5) is 15.3. The predicted molar refractivity (Wildman–Crippen MR) is 115 cm³/mol. The van der Waals surface area contributed by atoms with Crippen LogP contribution in [-0.4, -0.2) is 38.1 Å². The topological polar surface area (TPSA) is 50.8 Å². The van der Waals surface area contributed by atoms with Crippen molar-refractivity contribution < 1.29 is 14.3 Å². The molecule has 0 fully saturated rings. The smallest absolute Gasteiger partial charge is 0.259 e. The average molecular weight is 425 g/mol. The Morgan fingerprint density at radius 1 is 1.21 bits per heavy atom. The molecule has 0 atom stereocenters. The molecule has 152 valence electrons. The molecule has 0 aromatic heterocycles. The summed E-state index contributed by atoms with van der Waals surface area (Å²) in [6, 6.07) is 9.27. The van der Waals surface area contributed by atoms with Crippen LogP contribution in [0.25, 0.3) is 0 Å². The molecular weight excluding hydrogens is 399 g/mol. The van der Waals surface area contributed by atoms with E-state index in [9.17, 15) is 4.79 Å². The molecule has 2 aromatic carbocycles. The minimum Gasteiger partial charge on any atom is -0.496 e. The number of methoxy groups -OCH3 is 2. The third kappa shape index (κ3) is 4.72. The molecule has 1 heterocycles. The minimum absolute atomic E-state index is 0. The van der Waals surface area contributed by atoms with Crippen molar-refractivity contribution in [3.05, 3.63) is 52.0 Å². The SMILES string of the molecule is CCCN1CCc2c(cccc2NC(=O)c2cc(Cl)c(OC)cc2OC)C1.Cl. The maximum Gasteiger partial charge on any atom is 0.259 e. The quantitative estimate of drug-likeness (QED) is 0.723. The Hall–Kier alpha value is -1.95. The summed E-state index contributed by atoms with van der Waals surface area (Å²) in [7, 11) is 3.05. The van der Waals surface area contributed by atoms with E-state index in [0.29, 0.717) is 22.1 Å². The van der Waals surface area contributed by atoms with E-state index in [4.69, 9.17) is 21.1 Å². The van der Waals surface area contributed by atoms with Gasteiger partial charge in [-0.2, -0.15) is 0 Å². The largest absolute Gasteiger partial charge is 0.496 e. The molecule has 0 radical (unpaired) electrons. The number of carbonyl (C=O) groups is 1. The summed E-state index contributed by atoms with van der Waals surface area (Å²) in [5.41, 5.74) is 3.70. The molecule has 5 nitrogen and oxygen atoms in total. The highest BCUT2D eigenvalue weighted by Crippen LogP contribution is 2.33. The van der Waals surface area contributed by atoms with Crippen molar-refractivity contribution in [1.82, 2.24) is 4.90 Å². The summed E-state index contributed by atoms with van der Waals surface area (Å²) in [6.07, 6.45) is 2.07. The van der Waals surface area contributed by atoms with E-state index in [1.54, 1.807) is 12.1 Å². The number of halogens is 2. The first kappa shape index (κ1) is 22.3. The van der Waals surface area contributed by atoms with Crippen molar-refractivity contribution in [1.29, 1.82) is 0 Å². The van der Waals surface area contributed by atoms with Gasteiger partial charge in [0.1, 0.15) is 11.5 Å². The molecule has 0 spiro atoms. The minimum atomic E-state index is -0.249. The Kier molecular flexibility index (Phi) is 7.98. The van der Waals surface area contributed by atoms with Gasteiger partial charge in [0.15, 0.2) is 0 Å². The first-order valence-electron chi connectivity index (χ1n) is 9.13. The number of benzene rings is 2. The number of rotatable bonds is 6. The van der Waals surface area contributed by atoms with Gasteiger partial charge in [0.25, 0.3) is 5.91 Å². The standard InChI is InChI=1S/C21H25ClN2O3.ClH/c1-4-9-24-10-8-15-14(13-24)6-5-7-18(15)23-21(25)16-11-17(22)20(27-3)12-19(16)26-2;/h5-7,11-12H,4,8-10,13H2,1-3H3,(H,23,25);1H. The van der Waals surface area contributed by atoms with Gasteiger partial charge in [-0.1, -0.05) is 30.7 Å². The third-order valence-corrected chi connectivity index (χ3v) is 5.15. The Morgan fingerprint density at radius 2 is 1.96 bits per heavy atom. The summed E-state index contributed by atoms with van der Waals surface area (Å²) >= 11 is 6.20. The van der Waals surface area contributed by atoms with Crippen molar-refractivity contribution in [2.75, 3.05) is 32.6 Å². The van der Waals surface area contributed by atoms with Crippen LogP contribution in [0.4, 0.5) is 5.69 Å². The van der Waals surface area contributed by atoms with Crippen molar-refractivity contribution in [2.24, 2.45) is 0 Å². The molecule has 1 N–H and O–H groups in total. The molecule has 0 saturated heterocycles. The lowest BCUT2D eigenvalue weighted by atomic mass is 9.97. The molecule has 1 aliphatic heterocycles. The van der Waals surface area contributed by atoms with Gasteiger partial charge in [-0.3, -0.25) is 9.69 Å². The van der Waals surface area contributed by atoms with E-state index in [0.717, 1.165) is 38.2 Å². The molecule has 0 bridgehead atoms. The van der Waals surface area contributed by atoms with Gasteiger partial charge in [0, 0.05) is 24.8 Å². The fourth-order valence-electron chi connectivity index (χ4n) is 3.52. The maximum absolute atomic E-state index is 12.9. The van der Waals surface area contributed by atoms with Crippen LogP contribution >= 0.6 is 24.0 Å². The highest BCUT2D eigenvalue weighted by atomic mass is 35.5. The lowest BCUT2D eigenvalue weighted by Gasteiger charge is -2.29. The highest BCUT2D eigenvalue weighted by molar-refractivity contribution is 6.32. The number of fused-ring (bicyclic) bond motifs is 1. The van der Waals surface area contributed by atoms with Crippen molar-refractivity contribution in [3.8, 4) is 11.5 Å². The molecular formula is C21H26Cl2N2O3. The van der Waals surface area contributed by atoms with Gasteiger partial charge in [-0.05, 0) is 42.6 Å². The van der Waals surface area contributed by atoms with Gasteiger partial charge < -0.3 is 14.8 Å². The molecule has 3 rings (SSSR count). The summed E-state index contributed by atoms with van der Waals surface area (Å²) in [6.45, 7) is 5.22. The van der Waals surface area contributed by atoms with E-state index < -0.39 is 0 Å². The molecule has 1 aliphatic rings. The Balaban J connectivity index is 0.00000280. The zero-order valence-corrected chi connectivity index (χ0v) is 18.0. The number of nitrogens with zero attached hydrogens (tertiary/aromatic N) is 1. The van der Waals surface area contributed by atoms with Gasteiger partial charge in [-0.25, -0.2) is 0 Å². The van der Waals surface area contributed by atoms with Crippen LogP contribution in [0.15, 0.2) is 30.3 Å². The number of amides is 1. The normalized spacial score (nSPS) is 13.3. The lowest BCUT2D eigenvalue weighted by molar-refractivity contribution is 0.102. The maximum atomic E-state index is 12.9. The van der Waals surface area contributed by atoms with Crippen LogP contribution < -0.4 is 14.8 Å². The second-order valence-corrected chi connectivity index (χ2v) is 7.02. The van der Waals surface area contributed by atoms with E-state index in [1.807, 2.05) is 12.1 Å². The van der Waals surface area contributed by atoms with Crippen LogP contribution in [0.2, 0.25) is 5.02 Å². The number of hydrogen-bond donors (Lipinski definition) is 1. The number of anilines is 1. The molecule has 1 amide bonds. The molecule has 2 aromatic rings. The Morgan fingerprint density at radius 3 is 2.64 bits per heavy atom. The van der Waals surface area contributed by atoms with Gasteiger partial charge in [0.2, 0.25) is 0 Å². The van der Waals surface area contributed by atoms with E-state index in [1.165, 1.54) is 25.3 Å². The molecule has 0 aliphatic carbocycles. The highest BCUT2D eigenvalue weighted by Gasteiger charge is 2.21. The summed E-state index contributed by atoms with van der Waals surface area (Å²) in [5.74, 6) is 0.645. The van der Waals surface area contributed by atoms with Crippen molar-refractivity contribution >= 4 is 35.6 Å². The van der Waals surface area contributed by atoms with Crippen LogP contribution in [0, 0.1) is 0 Å². The van der Waals surface area contributed by atoms with Crippen molar-refractivity contribution in [3.63, 3.8) is 0 Å². The number of carbonyl (C=O) groups excluding carboxylic acids is 1. The van der Waals surface area contributed by atoms with Crippen LogP contribution in [0.5, 0.6) is 11.5 Å². The van der Waals surface area contributed by atoms with Gasteiger partial charge in [0.05, 0.1) is 24.8 Å². The zero-order chi connectivity index (χ0) is 19.4. The first-order valence-corrected chi connectivity index (χ1v) is 9.51. The fourth-order valence-corrected chi connectivity index (χ4v) is 3.76. The third-order valence-electron chi connectivity index (χ3n) is 4.85. The molecule has 0 unspecified atom stereocenters. The Bertz CT molecular complexity index is 843. The van der Waals surface area contributed by atoms with Crippen LogP contribution in [-0.2, 0) is 13.0 Å². The van der Waals surface area contributed by atoms with Crippen molar-refractivity contribution in [2.45, 2.75) is 26.3 Å². The van der Waals surface area contributed by atoms with E-state index in [2.05, 4.69) is 23.2 Å². The van der Waals surface area contributed by atoms with E-state index >= 15 is 0 Å². The summed E-state index contributed by atoms with van der Waals surface area (Å²) in [5, 5.41) is 3.40. The summed E-state index contributed by atoms with van der Waals surface area (Å²) < 4.78 is 10.5. The average Bonchev–Trinajstić information content (AvgIpc) is 2.68. The zero-order valence-electron chi connectivity index (χ0n) is 16.4. The van der Waals surface area contributed by atoms with E-state index in [-0.39, 0.29) is 18.3 Å². The molecule has 0 saturated carbocycles. The number of hydrogen-bond acceptors (Lipinski definition) is 4. The predicted octanol–water partition coefficient (Wildman–Crippen LogP) is 4.80. The van der Waals surface area contributed by atoms with Crippen LogP contribution in [0.3, 0.4) is 0 Å². The second-order valence-electron chi connectivity index (χ2n) is 6.61. The fraction of sp³-hybridized carbons (Fsp3) is 0.381. The molecule has 28 heavy (non-hydrogen) atoms. The lowest BCUT2D eigenvalue weighted by Crippen LogP contribution is -2.31. The second kappa shape index (κ2) is 10.0. The number of ether oxygens (including phenoxy) is 2. The number of nitrogens with one attached hydrogen (secondary N) is 1. The first-order chi connectivity index (χ1) is 13.1. The van der Waals surface area contributed by atoms with Gasteiger partial charge in [-0.15, -0.1) is 12.4 Å². The Labute approximate surface area is 177 Å².